The van der Waals surface area contributed by atoms with Gasteiger partial charge in [-0.05, 0) is 68.1 Å². The molecule has 0 amide bonds. The first-order valence-corrected chi connectivity index (χ1v) is 15.8. The van der Waals surface area contributed by atoms with Crippen LogP contribution in [0.4, 0.5) is 0 Å². The largest absolute Gasteiger partial charge is 0.374 e. The van der Waals surface area contributed by atoms with Crippen molar-refractivity contribution in [1.29, 1.82) is 0 Å². The van der Waals surface area contributed by atoms with E-state index in [0.717, 1.165) is 24.1 Å². The second kappa shape index (κ2) is 11.2. The van der Waals surface area contributed by atoms with E-state index < -0.39 is 15.4 Å². The van der Waals surface area contributed by atoms with Crippen LogP contribution in [-0.4, -0.2) is 48.0 Å². The Bertz CT molecular complexity index is 1820. The first-order valence-electron chi connectivity index (χ1n) is 13.1. The molecule has 0 saturated heterocycles. The van der Waals surface area contributed by atoms with E-state index >= 15 is 0 Å². The van der Waals surface area contributed by atoms with Gasteiger partial charge in [0.05, 0.1) is 21.1 Å². The zero-order valence-electron chi connectivity index (χ0n) is 23.2. The average Bonchev–Trinajstić information content (AvgIpc) is 3.14. The predicted molar refractivity (Wildman–Crippen MR) is 164 cm³/mol. The number of allylic oxidation sites excluding steroid dienone is 1. The molecule has 0 aliphatic carbocycles. The van der Waals surface area contributed by atoms with Crippen molar-refractivity contribution in [1.82, 2.24) is 15.0 Å². The SMILES string of the molecule is Cc1ccc(C(O)(C2=CCCC=NN2C)c2ccc3nc(Cl)c(Cc4ccc(S(C)(=O)=O)cc4)c(Cl)c3c2)c(C)n1. The molecule has 7 nitrogen and oxygen atoms in total. The topological polar surface area (TPSA) is 95.8 Å². The summed E-state index contributed by atoms with van der Waals surface area (Å²) in [5.74, 6) is 0. The number of rotatable bonds is 6. The van der Waals surface area contributed by atoms with Gasteiger partial charge in [-0.25, -0.2) is 13.4 Å². The summed E-state index contributed by atoms with van der Waals surface area (Å²) in [6.45, 7) is 3.80. The minimum absolute atomic E-state index is 0.238. The molecule has 0 saturated carbocycles. The molecular formula is C31H30Cl2N4O3S. The highest BCUT2D eigenvalue weighted by Crippen LogP contribution is 2.42. The first kappa shape index (κ1) is 29.2. The molecule has 0 fully saturated rings. The number of sulfone groups is 1. The van der Waals surface area contributed by atoms with E-state index in [0.29, 0.717) is 50.4 Å². The van der Waals surface area contributed by atoms with Crippen molar-refractivity contribution in [2.45, 2.75) is 43.6 Å². The van der Waals surface area contributed by atoms with Gasteiger partial charge in [0.15, 0.2) is 15.4 Å². The molecule has 1 atom stereocenters. The summed E-state index contributed by atoms with van der Waals surface area (Å²) in [6, 6.07) is 15.9. The van der Waals surface area contributed by atoms with Crippen molar-refractivity contribution >= 4 is 50.2 Å². The Morgan fingerprint density at radius 3 is 2.41 bits per heavy atom. The Hall–Kier alpha value is -3.30. The van der Waals surface area contributed by atoms with E-state index in [1.807, 2.05) is 57.5 Å². The molecule has 4 aromatic rings. The molecular weight excluding hydrogens is 579 g/mol. The molecule has 1 aliphatic heterocycles. The van der Waals surface area contributed by atoms with Crippen molar-refractivity contribution in [2.75, 3.05) is 13.3 Å². The number of nitrogens with zero attached hydrogens (tertiary/aromatic N) is 4. The minimum atomic E-state index is -3.31. The minimum Gasteiger partial charge on any atom is -0.374 e. The number of hydrogen-bond donors (Lipinski definition) is 1. The fourth-order valence-corrected chi connectivity index (χ4v) is 6.47. The van der Waals surface area contributed by atoms with Crippen LogP contribution in [0.25, 0.3) is 10.9 Å². The molecule has 2 aromatic carbocycles. The summed E-state index contributed by atoms with van der Waals surface area (Å²) in [7, 11) is -1.49. The van der Waals surface area contributed by atoms with Gasteiger partial charge in [-0.15, -0.1) is 0 Å². The summed E-state index contributed by atoms with van der Waals surface area (Å²) in [6.07, 6.45) is 6.84. The molecule has 0 spiro atoms. The zero-order chi connectivity index (χ0) is 29.5. The highest BCUT2D eigenvalue weighted by molar-refractivity contribution is 7.90. The molecule has 1 N–H and O–H groups in total. The van der Waals surface area contributed by atoms with Crippen molar-refractivity contribution in [3.63, 3.8) is 0 Å². The summed E-state index contributed by atoms with van der Waals surface area (Å²) >= 11 is 13.6. The van der Waals surface area contributed by atoms with Gasteiger partial charge in [-0.2, -0.15) is 5.10 Å². The molecule has 0 bridgehead atoms. The first-order chi connectivity index (χ1) is 19.4. The number of benzene rings is 2. The van der Waals surface area contributed by atoms with Crippen LogP contribution in [0.2, 0.25) is 10.2 Å². The van der Waals surface area contributed by atoms with E-state index in [-0.39, 0.29) is 10.0 Å². The van der Waals surface area contributed by atoms with Crippen LogP contribution in [0.3, 0.4) is 0 Å². The van der Waals surface area contributed by atoms with Crippen molar-refractivity contribution in [3.8, 4) is 0 Å². The van der Waals surface area contributed by atoms with Crippen LogP contribution in [0.5, 0.6) is 0 Å². The van der Waals surface area contributed by atoms with Crippen molar-refractivity contribution in [3.05, 3.63) is 110 Å². The molecule has 1 unspecified atom stereocenters. The van der Waals surface area contributed by atoms with Crippen LogP contribution in [0.15, 0.2) is 76.4 Å². The highest BCUT2D eigenvalue weighted by atomic mass is 35.5. The number of hydrazone groups is 1. The molecule has 1 aliphatic rings. The van der Waals surface area contributed by atoms with Gasteiger partial charge in [-0.3, -0.25) is 9.99 Å². The van der Waals surface area contributed by atoms with Crippen LogP contribution in [0.1, 0.15) is 46.5 Å². The third-order valence-corrected chi connectivity index (χ3v) is 9.21. The molecule has 0 radical (unpaired) electrons. The maximum atomic E-state index is 12.7. The number of likely N-dealkylation sites (N-methyl/N-ethyl adjacent to an activating group) is 1. The third kappa shape index (κ3) is 5.62. The molecule has 3 heterocycles. The van der Waals surface area contributed by atoms with E-state index in [2.05, 4.69) is 15.1 Å². The highest BCUT2D eigenvalue weighted by Gasteiger charge is 2.40. The number of hydrogen-bond acceptors (Lipinski definition) is 7. The monoisotopic (exact) mass is 608 g/mol. The second-order valence-electron chi connectivity index (χ2n) is 10.3. The predicted octanol–water partition coefficient (Wildman–Crippen LogP) is 6.38. The number of halogens is 2. The van der Waals surface area contributed by atoms with Gasteiger partial charge in [0.25, 0.3) is 0 Å². The van der Waals surface area contributed by atoms with E-state index in [1.54, 1.807) is 35.3 Å². The lowest BCUT2D eigenvalue weighted by Crippen LogP contribution is -2.37. The van der Waals surface area contributed by atoms with Crippen LogP contribution in [0, 0.1) is 13.8 Å². The smallest absolute Gasteiger partial charge is 0.175 e. The zero-order valence-corrected chi connectivity index (χ0v) is 25.5. The Morgan fingerprint density at radius 2 is 1.73 bits per heavy atom. The second-order valence-corrected chi connectivity index (χ2v) is 13.1. The Balaban J connectivity index is 1.67. The summed E-state index contributed by atoms with van der Waals surface area (Å²) in [5.41, 5.74) is 3.84. The standard InChI is InChI=1S/C31H30Cl2N4O3S/c1-19-8-14-26(20(2)35-19)31(38,28-7-5-6-16-34-37(28)3)22-11-15-27-24(18-22)29(32)25(30(33)36-27)17-21-9-12-23(13-10-21)41(4,39)40/h7-16,18,38H,5-6,17H2,1-4H3. The molecule has 41 heavy (non-hydrogen) atoms. The van der Waals surface area contributed by atoms with Crippen LogP contribution < -0.4 is 0 Å². The van der Waals surface area contributed by atoms with Gasteiger partial charge >= 0.3 is 0 Å². The third-order valence-electron chi connectivity index (χ3n) is 7.34. The molecule has 212 valence electrons. The van der Waals surface area contributed by atoms with Gasteiger partial charge in [0.2, 0.25) is 0 Å². The van der Waals surface area contributed by atoms with E-state index in [1.165, 1.54) is 6.26 Å². The van der Waals surface area contributed by atoms with Crippen molar-refractivity contribution in [2.24, 2.45) is 5.10 Å². The number of aliphatic hydroxyl groups is 1. The Kier molecular flexibility index (Phi) is 7.96. The average molecular weight is 610 g/mol. The quantitative estimate of drug-likeness (QED) is 0.255. The van der Waals surface area contributed by atoms with E-state index in [9.17, 15) is 13.5 Å². The number of aromatic nitrogens is 2. The van der Waals surface area contributed by atoms with Crippen LogP contribution >= 0.6 is 23.2 Å². The number of aryl methyl sites for hydroxylation is 2. The summed E-state index contributed by atoms with van der Waals surface area (Å²) < 4.78 is 23.7. The normalized spacial score (nSPS) is 15.5. The van der Waals surface area contributed by atoms with Gasteiger partial charge < -0.3 is 5.11 Å². The Labute approximate surface area is 250 Å². The number of fused-ring (bicyclic) bond motifs is 1. The summed E-state index contributed by atoms with van der Waals surface area (Å²) in [4.78, 5) is 9.48. The maximum absolute atomic E-state index is 12.7. The molecule has 10 heteroatoms. The lowest BCUT2D eigenvalue weighted by Gasteiger charge is -2.36. The van der Waals surface area contributed by atoms with Crippen LogP contribution in [-0.2, 0) is 21.9 Å². The Morgan fingerprint density at radius 1 is 1.00 bits per heavy atom. The molecule has 5 rings (SSSR count). The van der Waals surface area contributed by atoms with Crippen molar-refractivity contribution < 1.29 is 13.5 Å². The number of pyridine rings is 2. The maximum Gasteiger partial charge on any atom is 0.175 e. The van der Waals surface area contributed by atoms with Gasteiger partial charge in [-0.1, -0.05) is 53.5 Å². The van der Waals surface area contributed by atoms with E-state index in [4.69, 9.17) is 23.2 Å². The van der Waals surface area contributed by atoms with Gasteiger partial charge in [0, 0.05) is 53.8 Å². The lowest BCUT2D eigenvalue weighted by molar-refractivity contribution is 0.0880. The molecule has 2 aromatic heterocycles. The lowest BCUT2D eigenvalue weighted by atomic mass is 9.81. The fraction of sp³-hybridized carbons (Fsp3) is 0.258. The summed E-state index contributed by atoms with van der Waals surface area (Å²) in [5, 5.41) is 20.2. The fourth-order valence-electron chi connectivity index (χ4n) is 5.23. The van der Waals surface area contributed by atoms with Gasteiger partial charge in [0.1, 0.15) is 5.15 Å².